The molecular formula is C25H18F8N2O4S. The molecule has 214 valence electrons. The van der Waals surface area contributed by atoms with Gasteiger partial charge in [-0.15, -0.1) is 0 Å². The van der Waals surface area contributed by atoms with Gasteiger partial charge >= 0.3 is 18.0 Å². The highest BCUT2D eigenvalue weighted by atomic mass is 32.2. The number of sulfone groups is 1. The summed E-state index contributed by atoms with van der Waals surface area (Å²) in [6.45, 7) is 0. The van der Waals surface area contributed by atoms with Gasteiger partial charge in [0.15, 0.2) is 9.84 Å². The van der Waals surface area contributed by atoms with Crippen LogP contribution in [0.4, 0.5) is 46.5 Å². The van der Waals surface area contributed by atoms with Gasteiger partial charge < -0.3 is 10.2 Å². The number of carbonyl (C=O) groups excluding carboxylic acids is 2. The lowest BCUT2D eigenvalue weighted by atomic mass is 9.93. The molecule has 0 spiro atoms. The number of nitrogens with one attached hydrogen (secondary N) is 1. The highest BCUT2D eigenvalue weighted by Crippen LogP contribution is 2.55. The van der Waals surface area contributed by atoms with Crippen molar-refractivity contribution in [3.8, 4) is 0 Å². The molecule has 2 amide bonds. The maximum absolute atomic E-state index is 14.9. The summed E-state index contributed by atoms with van der Waals surface area (Å²) in [6, 6.07) is 11.0. The maximum Gasteiger partial charge on any atom is 0.435 e. The van der Waals surface area contributed by atoms with Gasteiger partial charge in [-0.25, -0.2) is 17.2 Å². The first-order chi connectivity index (χ1) is 18.3. The largest absolute Gasteiger partial charge is 0.435 e. The molecule has 0 heterocycles. The van der Waals surface area contributed by atoms with Crippen molar-refractivity contribution in [2.45, 2.75) is 22.9 Å². The van der Waals surface area contributed by atoms with E-state index in [0.717, 1.165) is 23.1 Å². The van der Waals surface area contributed by atoms with Gasteiger partial charge in [0.2, 0.25) is 0 Å². The molecule has 0 fully saturated rings. The number of hydrogen-bond acceptors (Lipinski definition) is 4. The Hall–Kier alpha value is -4.01. The number of hydrogen-bond donors (Lipinski definition) is 1. The number of rotatable bonds is 6. The van der Waals surface area contributed by atoms with Crippen LogP contribution in [0.1, 0.15) is 26.3 Å². The highest BCUT2D eigenvalue weighted by Gasteiger charge is 2.74. The van der Waals surface area contributed by atoms with E-state index in [-0.39, 0.29) is 29.1 Å². The van der Waals surface area contributed by atoms with Crippen LogP contribution in [0.15, 0.2) is 71.6 Å². The van der Waals surface area contributed by atoms with Crippen molar-refractivity contribution in [3.05, 3.63) is 89.2 Å². The summed E-state index contributed by atoms with van der Waals surface area (Å²) in [5, 5.41) is 1.90. The second-order valence-electron chi connectivity index (χ2n) is 8.46. The molecule has 0 unspecified atom stereocenters. The topological polar surface area (TPSA) is 83.6 Å². The normalized spacial score (nSPS) is 12.7. The number of nitrogens with zero attached hydrogens (tertiary/aromatic N) is 1. The average Bonchev–Trinajstić information content (AvgIpc) is 2.85. The van der Waals surface area contributed by atoms with Crippen molar-refractivity contribution in [3.63, 3.8) is 0 Å². The van der Waals surface area contributed by atoms with Crippen LogP contribution in [0.5, 0.6) is 0 Å². The van der Waals surface area contributed by atoms with E-state index in [2.05, 4.69) is 0 Å². The number of carbonyl (C=O) groups is 2. The standard InChI is InChI=1S/C25H18F8N2O4S/c1-35(22(37)16-9-3-4-11-18(16)26)15-8-5-7-14(13-15)21(36)34-19-12-6-10-17(20(19)40(2,38)39)23(27,24(28,29)30)25(31,32)33/h3-13H,1-2H3,(H,34,36). The molecule has 15 heteroatoms. The lowest BCUT2D eigenvalue weighted by Gasteiger charge is -2.32. The van der Waals surface area contributed by atoms with E-state index >= 15 is 0 Å². The van der Waals surface area contributed by atoms with E-state index in [9.17, 15) is 53.1 Å². The van der Waals surface area contributed by atoms with Gasteiger partial charge in [-0.05, 0) is 36.4 Å². The van der Waals surface area contributed by atoms with Crippen LogP contribution >= 0.6 is 0 Å². The van der Waals surface area contributed by atoms with Gasteiger partial charge in [0.05, 0.1) is 16.1 Å². The van der Waals surface area contributed by atoms with Crippen LogP contribution in [-0.2, 0) is 15.5 Å². The van der Waals surface area contributed by atoms with Gasteiger partial charge in [0, 0.05) is 30.1 Å². The van der Waals surface area contributed by atoms with Crippen molar-refractivity contribution in [1.29, 1.82) is 0 Å². The summed E-state index contributed by atoms with van der Waals surface area (Å²) >= 11 is 0. The number of anilines is 2. The minimum atomic E-state index is -6.61. The summed E-state index contributed by atoms with van der Waals surface area (Å²) in [6.07, 6.45) is -13.0. The van der Waals surface area contributed by atoms with Crippen LogP contribution in [0.25, 0.3) is 0 Å². The Morgan fingerprint density at radius 1 is 0.825 bits per heavy atom. The quantitative estimate of drug-likeness (QED) is 0.353. The molecule has 3 aromatic rings. The molecular weight excluding hydrogens is 576 g/mol. The molecule has 3 rings (SSSR count). The Morgan fingerprint density at radius 2 is 1.40 bits per heavy atom. The Morgan fingerprint density at radius 3 is 1.95 bits per heavy atom. The zero-order valence-corrected chi connectivity index (χ0v) is 21.2. The monoisotopic (exact) mass is 594 g/mol. The lowest BCUT2D eigenvalue weighted by molar-refractivity contribution is -0.349. The summed E-state index contributed by atoms with van der Waals surface area (Å²) < 4.78 is 134. The number of alkyl halides is 7. The maximum atomic E-state index is 14.9. The molecule has 6 nitrogen and oxygen atoms in total. The summed E-state index contributed by atoms with van der Waals surface area (Å²) in [5.41, 5.74) is -10.0. The minimum Gasteiger partial charge on any atom is -0.321 e. The fourth-order valence-electron chi connectivity index (χ4n) is 3.76. The molecule has 0 aliphatic carbocycles. The molecule has 1 N–H and O–H groups in total. The minimum absolute atomic E-state index is 0.0108. The zero-order chi connectivity index (χ0) is 30.3. The molecule has 0 saturated heterocycles. The van der Waals surface area contributed by atoms with Crippen molar-refractivity contribution in [2.24, 2.45) is 0 Å². The van der Waals surface area contributed by atoms with Gasteiger partial charge in [0.25, 0.3) is 11.8 Å². The first kappa shape index (κ1) is 30.5. The van der Waals surface area contributed by atoms with Gasteiger partial charge in [-0.2, -0.15) is 26.3 Å². The molecule has 3 aromatic carbocycles. The van der Waals surface area contributed by atoms with E-state index in [1.165, 1.54) is 37.4 Å². The Kier molecular flexibility index (Phi) is 8.03. The summed E-state index contributed by atoms with van der Waals surface area (Å²) in [5.74, 6) is -2.87. The third-order valence-corrected chi connectivity index (χ3v) is 6.87. The Balaban J connectivity index is 2.06. The summed E-state index contributed by atoms with van der Waals surface area (Å²) in [4.78, 5) is 24.8. The van der Waals surface area contributed by atoms with Gasteiger partial charge in [-0.3, -0.25) is 9.59 Å². The van der Waals surface area contributed by atoms with Crippen LogP contribution in [0.3, 0.4) is 0 Å². The SMILES string of the molecule is CN(C(=O)c1ccccc1F)c1cccc(C(=O)Nc2cccc(C(F)(C(F)(F)F)C(F)(F)F)c2S(C)(=O)=O)c1. The first-order valence-electron chi connectivity index (χ1n) is 10.9. The lowest BCUT2D eigenvalue weighted by Crippen LogP contribution is -2.51. The average molecular weight is 594 g/mol. The summed E-state index contributed by atoms with van der Waals surface area (Å²) in [7, 11) is -3.76. The van der Waals surface area contributed by atoms with Gasteiger partial charge in [0.1, 0.15) is 5.82 Å². The fraction of sp³-hybridized carbons (Fsp3) is 0.200. The van der Waals surface area contributed by atoms with E-state index < -0.39 is 61.6 Å². The third kappa shape index (κ3) is 5.64. The second-order valence-corrected chi connectivity index (χ2v) is 10.4. The third-order valence-electron chi connectivity index (χ3n) is 5.69. The van der Waals surface area contributed by atoms with E-state index in [1.807, 2.05) is 5.32 Å². The molecule has 0 bridgehead atoms. The van der Waals surface area contributed by atoms with Gasteiger partial charge in [-0.1, -0.05) is 30.3 Å². The fourth-order valence-corrected chi connectivity index (χ4v) is 4.88. The van der Waals surface area contributed by atoms with Crippen LogP contribution in [0, 0.1) is 5.82 Å². The van der Waals surface area contributed by atoms with Crippen LogP contribution in [0.2, 0.25) is 0 Å². The van der Waals surface area contributed by atoms with E-state index in [1.54, 1.807) is 0 Å². The number of benzene rings is 3. The van der Waals surface area contributed by atoms with E-state index in [4.69, 9.17) is 0 Å². The highest BCUT2D eigenvalue weighted by molar-refractivity contribution is 7.91. The second kappa shape index (κ2) is 10.5. The van der Waals surface area contributed by atoms with Crippen LogP contribution in [-0.4, -0.2) is 45.9 Å². The molecule has 0 saturated carbocycles. The van der Waals surface area contributed by atoms with Crippen LogP contribution < -0.4 is 10.2 Å². The zero-order valence-electron chi connectivity index (χ0n) is 20.4. The Labute approximate surface area is 222 Å². The smallest absolute Gasteiger partial charge is 0.321 e. The van der Waals surface area contributed by atoms with Crippen molar-refractivity contribution < 1.29 is 53.1 Å². The van der Waals surface area contributed by atoms with Crippen molar-refractivity contribution in [2.75, 3.05) is 23.5 Å². The van der Waals surface area contributed by atoms with E-state index in [0.29, 0.717) is 12.1 Å². The number of halogens is 8. The molecule has 0 atom stereocenters. The molecule has 0 aromatic heterocycles. The van der Waals surface area contributed by atoms with Crippen molar-refractivity contribution >= 4 is 33.0 Å². The Bertz CT molecular complexity index is 1560. The van der Waals surface area contributed by atoms with Crippen molar-refractivity contribution in [1.82, 2.24) is 0 Å². The molecule has 0 radical (unpaired) electrons. The molecule has 40 heavy (non-hydrogen) atoms. The first-order valence-corrected chi connectivity index (χ1v) is 12.8. The predicted octanol–water partition coefficient (Wildman–Crippen LogP) is 6.05. The number of amides is 2. The molecule has 0 aliphatic heterocycles. The predicted molar refractivity (Wildman–Crippen MR) is 128 cm³/mol. The molecule has 0 aliphatic rings.